The van der Waals surface area contributed by atoms with Gasteiger partial charge in [-0.2, -0.15) is 5.26 Å². The number of anilines is 1. The SMILES string of the molecule is CC1(C)CC=C(C2=CC(C3(C#N)CC(C)(C)OC(C)(C)C3)=CCC2NC(=O)c2ncc(N)[nH]2)CC1. The van der Waals surface area contributed by atoms with E-state index in [2.05, 4.69) is 81.1 Å². The molecule has 1 aromatic rings. The van der Waals surface area contributed by atoms with Crippen molar-refractivity contribution in [1.29, 1.82) is 5.26 Å². The van der Waals surface area contributed by atoms with Crippen LogP contribution in [0.3, 0.4) is 0 Å². The summed E-state index contributed by atoms with van der Waals surface area (Å²) in [6.45, 7) is 12.8. The number of aromatic nitrogens is 2. The van der Waals surface area contributed by atoms with E-state index in [9.17, 15) is 10.1 Å². The minimum atomic E-state index is -0.643. The van der Waals surface area contributed by atoms with E-state index in [1.165, 1.54) is 11.8 Å². The fourth-order valence-corrected chi connectivity index (χ4v) is 6.19. The number of rotatable bonds is 4. The Balaban J connectivity index is 1.70. The van der Waals surface area contributed by atoms with Crippen molar-refractivity contribution < 1.29 is 9.53 Å². The first-order chi connectivity index (χ1) is 16.2. The molecule has 3 aliphatic rings. The predicted molar refractivity (Wildman–Crippen MR) is 137 cm³/mol. The van der Waals surface area contributed by atoms with Gasteiger partial charge in [0.25, 0.3) is 5.91 Å². The second kappa shape index (κ2) is 8.67. The van der Waals surface area contributed by atoms with Gasteiger partial charge in [0.05, 0.1) is 34.9 Å². The molecule has 0 radical (unpaired) electrons. The lowest BCUT2D eigenvalue weighted by Crippen LogP contribution is -2.51. The molecule has 1 saturated heterocycles. The van der Waals surface area contributed by atoms with Crippen LogP contribution in [0.25, 0.3) is 0 Å². The third-order valence-corrected chi connectivity index (χ3v) is 7.49. The molecule has 7 nitrogen and oxygen atoms in total. The van der Waals surface area contributed by atoms with E-state index in [1.54, 1.807) is 0 Å². The third-order valence-electron chi connectivity index (χ3n) is 7.49. The average molecular weight is 478 g/mol. The number of H-pyrrole nitrogens is 1. The number of imidazole rings is 1. The second-order valence-corrected chi connectivity index (χ2v) is 12.5. The number of nitrogens with zero attached hydrogens (tertiary/aromatic N) is 2. The van der Waals surface area contributed by atoms with Gasteiger partial charge in [0.15, 0.2) is 5.82 Å². The molecule has 0 aromatic carbocycles. The van der Waals surface area contributed by atoms with E-state index in [0.717, 1.165) is 30.4 Å². The second-order valence-electron chi connectivity index (χ2n) is 12.5. The summed E-state index contributed by atoms with van der Waals surface area (Å²) in [5.74, 6) is 0.279. The molecular weight excluding hydrogens is 438 g/mol. The number of aromatic amines is 1. The number of allylic oxidation sites excluding steroid dienone is 3. The number of nitrogens with one attached hydrogen (secondary N) is 2. The summed E-state index contributed by atoms with van der Waals surface area (Å²) in [6.07, 6.45) is 13.0. The maximum atomic E-state index is 12.9. The van der Waals surface area contributed by atoms with E-state index in [-0.39, 0.29) is 23.2 Å². The minimum Gasteiger partial charge on any atom is -0.384 e. The first kappa shape index (κ1) is 25.2. The molecule has 1 atom stereocenters. The highest BCUT2D eigenvalue weighted by atomic mass is 16.5. The van der Waals surface area contributed by atoms with Crippen LogP contribution in [0, 0.1) is 22.2 Å². The summed E-state index contributed by atoms with van der Waals surface area (Å²) in [5, 5.41) is 13.7. The van der Waals surface area contributed by atoms with Crippen LogP contribution in [0.1, 0.15) is 90.7 Å². The number of ether oxygens (including phenoxy) is 1. The first-order valence-electron chi connectivity index (χ1n) is 12.6. The fraction of sp³-hybridized carbons (Fsp3) is 0.607. The number of hydrogen-bond donors (Lipinski definition) is 3. The zero-order valence-electron chi connectivity index (χ0n) is 21.9. The van der Waals surface area contributed by atoms with Crippen LogP contribution in [0.5, 0.6) is 0 Å². The number of carbonyl (C=O) groups is 1. The quantitative estimate of drug-likeness (QED) is 0.540. The van der Waals surface area contributed by atoms with Crippen LogP contribution in [-0.4, -0.2) is 33.1 Å². The molecule has 2 heterocycles. The molecule has 1 aliphatic heterocycles. The van der Waals surface area contributed by atoms with Gasteiger partial charge in [0.2, 0.25) is 0 Å². The van der Waals surface area contributed by atoms with Crippen LogP contribution >= 0.6 is 0 Å². The number of nitrogen functional groups attached to an aromatic ring is 1. The number of nitriles is 1. The molecule has 0 saturated carbocycles. The van der Waals surface area contributed by atoms with E-state index >= 15 is 0 Å². The Morgan fingerprint density at radius 2 is 1.89 bits per heavy atom. The summed E-state index contributed by atoms with van der Waals surface area (Å²) >= 11 is 0. The Labute approximate surface area is 208 Å². The molecule has 7 heteroatoms. The summed E-state index contributed by atoms with van der Waals surface area (Å²) in [4.78, 5) is 19.8. The lowest BCUT2D eigenvalue weighted by Gasteiger charge is -2.50. The van der Waals surface area contributed by atoms with Crippen LogP contribution in [0.4, 0.5) is 5.82 Å². The monoisotopic (exact) mass is 477 g/mol. The normalized spacial score (nSPS) is 26.5. The number of nitrogens with two attached hydrogens (primary N) is 1. The zero-order chi connectivity index (χ0) is 25.6. The Morgan fingerprint density at radius 1 is 1.20 bits per heavy atom. The number of hydrogen-bond acceptors (Lipinski definition) is 5. The van der Waals surface area contributed by atoms with Gasteiger partial charge in [-0.25, -0.2) is 4.98 Å². The Kier molecular flexibility index (Phi) is 6.25. The average Bonchev–Trinajstić information content (AvgIpc) is 3.18. The van der Waals surface area contributed by atoms with Crippen molar-refractivity contribution >= 4 is 11.7 Å². The van der Waals surface area contributed by atoms with E-state index in [0.29, 0.717) is 25.1 Å². The Morgan fingerprint density at radius 3 is 2.43 bits per heavy atom. The van der Waals surface area contributed by atoms with Crippen molar-refractivity contribution in [2.45, 2.75) is 97.3 Å². The molecule has 0 spiro atoms. The molecule has 1 fully saturated rings. The Bertz CT molecular complexity index is 1130. The Hall–Kier alpha value is -2.85. The highest BCUT2D eigenvalue weighted by Gasteiger charge is 2.51. The van der Waals surface area contributed by atoms with Crippen molar-refractivity contribution in [3.05, 3.63) is 47.0 Å². The number of carbonyl (C=O) groups excluding carboxylic acids is 1. The van der Waals surface area contributed by atoms with Gasteiger partial charge < -0.3 is 20.8 Å². The van der Waals surface area contributed by atoms with E-state index in [4.69, 9.17) is 10.5 Å². The predicted octanol–water partition coefficient (Wildman–Crippen LogP) is 5.36. The van der Waals surface area contributed by atoms with Crippen molar-refractivity contribution in [1.82, 2.24) is 15.3 Å². The maximum Gasteiger partial charge on any atom is 0.287 e. The van der Waals surface area contributed by atoms with Crippen molar-refractivity contribution in [2.75, 3.05) is 5.73 Å². The molecule has 4 rings (SSSR count). The lowest BCUT2D eigenvalue weighted by atomic mass is 9.63. The standard InChI is InChI=1S/C28H39N5O2/c1-25(2)11-9-18(10-12-25)20-13-19(28(17-29)15-26(3,4)35-27(5,6)16-28)7-8-21(20)32-24(34)23-31-14-22(30)33-23/h7,9,13-14,21H,8,10-12,15-16,30H2,1-6H3,(H,31,33)(H,32,34). The summed E-state index contributed by atoms with van der Waals surface area (Å²) in [6, 6.07) is 2.50. The van der Waals surface area contributed by atoms with Crippen LogP contribution < -0.4 is 11.1 Å². The van der Waals surface area contributed by atoms with Gasteiger partial charge in [-0.1, -0.05) is 32.1 Å². The van der Waals surface area contributed by atoms with Gasteiger partial charge in [-0.05, 0) is 88.4 Å². The molecular formula is C28H39N5O2. The van der Waals surface area contributed by atoms with Crippen LogP contribution in [0.15, 0.2) is 41.1 Å². The summed E-state index contributed by atoms with van der Waals surface area (Å²) in [7, 11) is 0. The molecule has 1 unspecified atom stereocenters. The molecule has 1 aromatic heterocycles. The van der Waals surface area contributed by atoms with Crippen LogP contribution in [-0.2, 0) is 4.74 Å². The first-order valence-corrected chi connectivity index (χ1v) is 12.6. The fourth-order valence-electron chi connectivity index (χ4n) is 6.19. The zero-order valence-corrected chi connectivity index (χ0v) is 21.9. The summed E-state index contributed by atoms with van der Waals surface area (Å²) in [5.41, 5.74) is 7.93. The largest absolute Gasteiger partial charge is 0.384 e. The summed E-state index contributed by atoms with van der Waals surface area (Å²) < 4.78 is 6.31. The minimum absolute atomic E-state index is 0.193. The van der Waals surface area contributed by atoms with Crippen molar-refractivity contribution in [3.8, 4) is 6.07 Å². The molecule has 1 amide bonds. The molecule has 0 bridgehead atoms. The smallest absolute Gasteiger partial charge is 0.287 e. The molecule has 4 N–H and O–H groups in total. The van der Waals surface area contributed by atoms with Gasteiger partial charge in [-0.3, -0.25) is 4.79 Å². The molecule has 35 heavy (non-hydrogen) atoms. The highest BCUT2D eigenvalue weighted by molar-refractivity contribution is 5.91. The van der Waals surface area contributed by atoms with Gasteiger partial charge in [-0.15, -0.1) is 0 Å². The highest BCUT2D eigenvalue weighted by Crippen LogP contribution is 2.52. The number of amides is 1. The van der Waals surface area contributed by atoms with E-state index < -0.39 is 16.6 Å². The maximum absolute atomic E-state index is 12.9. The van der Waals surface area contributed by atoms with Gasteiger partial charge in [0, 0.05) is 0 Å². The lowest BCUT2D eigenvalue weighted by molar-refractivity contribution is -0.179. The van der Waals surface area contributed by atoms with Gasteiger partial charge in [0.1, 0.15) is 5.82 Å². The molecule has 2 aliphatic carbocycles. The van der Waals surface area contributed by atoms with Crippen LogP contribution in [0.2, 0.25) is 0 Å². The van der Waals surface area contributed by atoms with Crippen molar-refractivity contribution in [3.63, 3.8) is 0 Å². The topological polar surface area (TPSA) is 117 Å². The van der Waals surface area contributed by atoms with Gasteiger partial charge >= 0.3 is 0 Å². The van der Waals surface area contributed by atoms with E-state index in [1.807, 2.05) is 0 Å². The van der Waals surface area contributed by atoms with Crippen molar-refractivity contribution in [2.24, 2.45) is 10.8 Å². The third kappa shape index (κ3) is 5.38. The molecule has 188 valence electrons.